The van der Waals surface area contributed by atoms with Crippen LogP contribution in [0.3, 0.4) is 0 Å². The lowest BCUT2D eigenvalue weighted by molar-refractivity contribution is -0.132. The number of likely N-dealkylation sites (tertiary alicyclic amines) is 1. The number of aromatic amines is 1. The van der Waals surface area contributed by atoms with Gasteiger partial charge in [0.1, 0.15) is 0 Å². The second-order valence-electron chi connectivity index (χ2n) is 8.24. The largest absolute Gasteiger partial charge is 0.369 e. The third-order valence-corrected chi connectivity index (χ3v) is 7.22. The van der Waals surface area contributed by atoms with E-state index in [0.717, 1.165) is 35.0 Å². The van der Waals surface area contributed by atoms with Gasteiger partial charge in [-0.3, -0.25) is 14.2 Å². The van der Waals surface area contributed by atoms with Gasteiger partial charge < -0.3 is 15.6 Å². The molecule has 1 aliphatic heterocycles. The predicted octanol–water partition coefficient (Wildman–Crippen LogP) is 3.89. The maximum Gasteiger partial charge on any atom is 0.233 e. The minimum Gasteiger partial charge on any atom is -0.369 e. The van der Waals surface area contributed by atoms with Gasteiger partial charge in [0.05, 0.1) is 11.7 Å². The van der Waals surface area contributed by atoms with E-state index >= 15 is 0 Å². The van der Waals surface area contributed by atoms with Crippen LogP contribution in [0, 0.1) is 5.92 Å². The zero-order valence-electron chi connectivity index (χ0n) is 18.3. The maximum atomic E-state index is 12.9. The highest BCUT2D eigenvalue weighted by atomic mass is 35.5. The molecule has 8 nitrogen and oxygen atoms in total. The molecule has 3 N–H and O–H groups in total. The van der Waals surface area contributed by atoms with E-state index in [1.165, 1.54) is 11.8 Å². The number of halogens is 1. The second-order valence-corrected chi connectivity index (χ2v) is 9.61. The van der Waals surface area contributed by atoms with Crippen molar-refractivity contribution in [3.63, 3.8) is 0 Å². The summed E-state index contributed by atoms with van der Waals surface area (Å²) in [5, 5.41) is 11.2. The molecule has 0 radical (unpaired) electrons. The molecule has 174 valence electrons. The van der Waals surface area contributed by atoms with Gasteiger partial charge in [0.25, 0.3) is 0 Å². The number of nitrogens with one attached hydrogen (secondary N) is 1. The first kappa shape index (κ1) is 22.5. The molecular weight excluding hydrogens is 472 g/mol. The van der Waals surface area contributed by atoms with Gasteiger partial charge in [-0.15, -0.1) is 10.2 Å². The van der Waals surface area contributed by atoms with Crippen molar-refractivity contribution in [1.82, 2.24) is 24.6 Å². The minimum absolute atomic E-state index is 0.0461. The Morgan fingerprint density at radius 3 is 2.74 bits per heavy atom. The van der Waals surface area contributed by atoms with Crippen LogP contribution in [0.4, 0.5) is 0 Å². The number of hydrogen-bond acceptors (Lipinski definition) is 5. The molecule has 1 unspecified atom stereocenters. The predicted molar refractivity (Wildman–Crippen MR) is 133 cm³/mol. The highest BCUT2D eigenvalue weighted by Crippen LogP contribution is 2.33. The number of H-pyrrole nitrogens is 1. The van der Waals surface area contributed by atoms with Crippen molar-refractivity contribution in [2.45, 2.75) is 18.0 Å². The smallest absolute Gasteiger partial charge is 0.233 e. The Bertz CT molecular complexity index is 1350. The van der Waals surface area contributed by atoms with Crippen molar-refractivity contribution in [3.8, 4) is 17.1 Å². The van der Waals surface area contributed by atoms with Crippen LogP contribution in [-0.4, -0.2) is 55.3 Å². The molecule has 34 heavy (non-hydrogen) atoms. The number of primary amides is 1. The molecule has 0 spiro atoms. The van der Waals surface area contributed by atoms with E-state index in [2.05, 4.69) is 15.2 Å². The molecule has 1 atom stereocenters. The van der Waals surface area contributed by atoms with Crippen LogP contribution < -0.4 is 5.73 Å². The fraction of sp³-hybridized carbons (Fsp3) is 0.250. The van der Waals surface area contributed by atoms with Crippen molar-refractivity contribution in [3.05, 3.63) is 59.8 Å². The number of piperidine rings is 1. The second kappa shape index (κ2) is 9.52. The topological polar surface area (TPSA) is 110 Å². The van der Waals surface area contributed by atoms with Crippen LogP contribution in [0.25, 0.3) is 28.0 Å². The van der Waals surface area contributed by atoms with Crippen LogP contribution in [0.15, 0.2) is 59.9 Å². The van der Waals surface area contributed by atoms with Crippen molar-refractivity contribution >= 4 is 46.1 Å². The highest BCUT2D eigenvalue weighted by molar-refractivity contribution is 7.99. The highest BCUT2D eigenvalue weighted by Gasteiger charge is 2.27. The monoisotopic (exact) mass is 494 g/mol. The number of nitrogens with zero attached hydrogens (tertiary/aromatic N) is 4. The fourth-order valence-corrected chi connectivity index (χ4v) is 5.25. The van der Waals surface area contributed by atoms with E-state index in [1.807, 2.05) is 59.3 Å². The average Bonchev–Trinajstić information content (AvgIpc) is 3.47. The number of para-hydroxylation sites is 1. The van der Waals surface area contributed by atoms with E-state index in [-0.39, 0.29) is 23.5 Å². The SMILES string of the molecule is NC(=O)C1CCCN(C(=O)CSc2nnc(-c3c[nH]c4ccccc34)n2-c2ccc(Cl)cc2)C1. The molecule has 2 amide bonds. The Morgan fingerprint density at radius 2 is 1.94 bits per heavy atom. The average molecular weight is 495 g/mol. The normalized spacial score (nSPS) is 16.1. The first-order valence-electron chi connectivity index (χ1n) is 11.0. The fourth-order valence-electron chi connectivity index (χ4n) is 4.27. The molecule has 2 aromatic carbocycles. The number of nitrogens with two attached hydrogens (primary N) is 1. The molecule has 5 rings (SSSR count). The van der Waals surface area contributed by atoms with Gasteiger partial charge in [0.2, 0.25) is 11.8 Å². The number of benzene rings is 2. The Balaban J connectivity index is 1.45. The Kier molecular flexibility index (Phi) is 6.30. The van der Waals surface area contributed by atoms with Crippen LogP contribution in [0.2, 0.25) is 5.02 Å². The molecule has 1 aliphatic rings. The Hall–Kier alpha value is -3.30. The lowest BCUT2D eigenvalue weighted by atomic mass is 9.97. The lowest BCUT2D eigenvalue weighted by Gasteiger charge is -2.31. The third kappa shape index (κ3) is 4.41. The molecular formula is C24H23ClN6O2S. The summed E-state index contributed by atoms with van der Waals surface area (Å²) >= 11 is 7.44. The standard InChI is InChI=1S/C24H23ClN6O2S/c25-16-7-9-17(10-8-16)31-23(19-12-27-20-6-2-1-5-18(19)20)28-29-24(31)34-14-21(32)30-11-3-4-15(13-30)22(26)33/h1-2,5-10,12,15,27H,3-4,11,13-14H2,(H2,26,33). The number of aromatic nitrogens is 4. The van der Waals surface area contributed by atoms with Gasteiger partial charge in [-0.25, -0.2) is 0 Å². The van der Waals surface area contributed by atoms with E-state index < -0.39 is 0 Å². The Morgan fingerprint density at radius 1 is 1.15 bits per heavy atom. The van der Waals surface area contributed by atoms with Gasteiger partial charge in [0.15, 0.2) is 11.0 Å². The zero-order valence-corrected chi connectivity index (χ0v) is 19.9. The number of carbonyl (C=O) groups excluding carboxylic acids is 2. The number of hydrogen-bond donors (Lipinski definition) is 2. The number of fused-ring (bicyclic) bond motifs is 1. The van der Waals surface area contributed by atoms with Gasteiger partial charge in [-0.05, 0) is 43.2 Å². The maximum absolute atomic E-state index is 12.9. The zero-order chi connectivity index (χ0) is 23.7. The molecule has 0 aliphatic carbocycles. The number of thioether (sulfide) groups is 1. The molecule has 4 aromatic rings. The summed E-state index contributed by atoms with van der Waals surface area (Å²) in [7, 11) is 0. The van der Waals surface area contributed by atoms with Gasteiger partial charge in [0, 0.05) is 46.5 Å². The van der Waals surface area contributed by atoms with Crippen molar-refractivity contribution in [2.24, 2.45) is 11.7 Å². The lowest BCUT2D eigenvalue weighted by Crippen LogP contribution is -2.44. The van der Waals surface area contributed by atoms with Gasteiger partial charge in [-0.1, -0.05) is 41.6 Å². The molecule has 3 heterocycles. The number of rotatable bonds is 6. The Labute approximate surface area is 205 Å². The van der Waals surface area contributed by atoms with Crippen LogP contribution in [0.1, 0.15) is 12.8 Å². The molecule has 1 saturated heterocycles. The first-order chi connectivity index (χ1) is 16.5. The first-order valence-corrected chi connectivity index (χ1v) is 12.4. The molecule has 0 bridgehead atoms. The van der Waals surface area contributed by atoms with Crippen LogP contribution in [0.5, 0.6) is 0 Å². The van der Waals surface area contributed by atoms with Crippen molar-refractivity contribution < 1.29 is 9.59 Å². The minimum atomic E-state index is -0.351. The van der Waals surface area contributed by atoms with E-state index in [9.17, 15) is 9.59 Å². The summed E-state index contributed by atoms with van der Waals surface area (Å²) in [6.45, 7) is 1.01. The summed E-state index contributed by atoms with van der Waals surface area (Å²) in [4.78, 5) is 29.5. The van der Waals surface area contributed by atoms with Gasteiger partial charge >= 0.3 is 0 Å². The van der Waals surface area contributed by atoms with Crippen molar-refractivity contribution in [1.29, 1.82) is 0 Å². The van der Waals surface area contributed by atoms with E-state index in [1.54, 1.807) is 4.90 Å². The third-order valence-electron chi connectivity index (χ3n) is 6.05. The van der Waals surface area contributed by atoms with Crippen molar-refractivity contribution in [2.75, 3.05) is 18.8 Å². The molecule has 1 fully saturated rings. The van der Waals surface area contributed by atoms with E-state index in [4.69, 9.17) is 17.3 Å². The summed E-state index contributed by atoms with van der Waals surface area (Å²) in [6.07, 6.45) is 3.42. The summed E-state index contributed by atoms with van der Waals surface area (Å²) in [5.41, 5.74) is 8.22. The number of carbonyl (C=O) groups is 2. The number of amides is 2. The van der Waals surface area contributed by atoms with Crippen LogP contribution in [-0.2, 0) is 9.59 Å². The van der Waals surface area contributed by atoms with Crippen LogP contribution >= 0.6 is 23.4 Å². The quantitative estimate of drug-likeness (QED) is 0.395. The molecule has 2 aromatic heterocycles. The summed E-state index contributed by atoms with van der Waals surface area (Å²) in [5.74, 6) is 0.173. The molecule has 0 saturated carbocycles. The van der Waals surface area contributed by atoms with E-state index in [0.29, 0.717) is 29.1 Å². The summed E-state index contributed by atoms with van der Waals surface area (Å²) in [6, 6.07) is 15.4. The molecule has 10 heteroatoms. The summed E-state index contributed by atoms with van der Waals surface area (Å²) < 4.78 is 1.94. The van der Waals surface area contributed by atoms with Gasteiger partial charge in [-0.2, -0.15) is 0 Å².